The molecule has 4 heteroatoms. The summed E-state index contributed by atoms with van der Waals surface area (Å²) in [4.78, 5) is 4.31. The van der Waals surface area contributed by atoms with Crippen molar-refractivity contribution in [2.75, 3.05) is 6.54 Å². The minimum absolute atomic E-state index is 0.559. The van der Waals surface area contributed by atoms with E-state index in [4.69, 9.17) is 22.1 Å². The third-order valence-electron chi connectivity index (χ3n) is 3.30. The fourth-order valence-corrected chi connectivity index (χ4v) is 2.52. The van der Waals surface area contributed by atoms with E-state index in [9.17, 15) is 0 Å². The first-order chi connectivity index (χ1) is 10.3. The van der Waals surface area contributed by atoms with Crippen LogP contribution >= 0.6 is 11.6 Å². The maximum Gasteiger partial charge on any atom is 0.222 e. The number of aromatic nitrogens is 1. The number of halogens is 1. The molecule has 0 bridgehead atoms. The molecule has 106 valence electrons. The van der Waals surface area contributed by atoms with E-state index in [2.05, 4.69) is 4.98 Å². The standard InChI is InChI=1S/C17H15ClN2O/c18-15-7-8-16(14-6-2-1-5-13(14)15)21-17-12(9-10-19)4-3-11-20-17/h1-8,11H,9-10,19H2. The van der Waals surface area contributed by atoms with Crippen LogP contribution in [-0.4, -0.2) is 11.5 Å². The number of pyridine rings is 1. The minimum atomic E-state index is 0.559. The first-order valence-electron chi connectivity index (χ1n) is 6.78. The van der Waals surface area contributed by atoms with Crippen LogP contribution in [0.15, 0.2) is 54.7 Å². The number of fused-ring (bicyclic) bond motifs is 1. The summed E-state index contributed by atoms with van der Waals surface area (Å²) in [6.45, 7) is 0.559. The molecule has 21 heavy (non-hydrogen) atoms. The Bertz CT molecular complexity index is 774. The molecule has 0 spiro atoms. The predicted molar refractivity (Wildman–Crippen MR) is 86.0 cm³/mol. The summed E-state index contributed by atoms with van der Waals surface area (Å²) < 4.78 is 6.01. The van der Waals surface area contributed by atoms with Crippen LogP contribution in [0.1, 0.15) is 5.56 Å². The molecule has 1 heterocycles. The van der Waals surface area contributed by atoms with Crippen LogP contribution in [0.4, 0.5) is 0 Å². The normalized spacial score (nSPS) is 10.8. The average Bonchev–Trinajstić information content (AvgIpc) is 2.52. The second-order valence-electron chi connectivity index (χ2n) is 4.70. The van der Waals surface area contributed by atoms with Gasteiger partial charge in [0.05, 0.1) is 0 Å². The lowest BCUT2D eigenvalue weighted by atomic mass is 10.1. The van der Waals surface area contributed by atoms with E-state index in [0.29, 0.717) is 17.4 Å². The fourth-order valence-electron chi connectivity index (χ4n) is 2.29. The van der Waals surface area contributed by atoms with E-state index < -0.39 is 0 Å². The first kappa shape index (κ1) is 13.9. The summed E-state index contributed by atoms with van der Waals surface area (Å²) in [5.41, 5.74) is 6.63. The summed E-state index contributed by atoms with van der Waals surface area (Å²) >= 11 is 6.23. The Morgan fingerprint density at radius 1 is 1.00 bits per heavy atom. The summed E-state index contributed by atoms with van der Waals surface area (Å²) in [5.74, 6) is 1.34. The molecule has 0 unspecified atom stereocenters. The van der Waals surface area contributed by atoms with E-state index in [0.717, 1.165) is 28.5 Å². The van der Waals surface area contributed by atoms with Crippen molar-refractivity contribution in [3.63, 3.8) is 0 Å². The third kappa shape index (κ3) is 2.84. The van der Waals surface area contributed by atoms with Gasteiger partial charge in [0.2, 0.25) is 5.88 Å². The van der Waals surface area contributed by atoms with Gasteiger partial charge in [0.15, 0.2) is 0 Å². The zero-order valence-electron chi connectivity index (χ0n) is 11.4. The first-order valence-corrected chi connectivity index (χ1v) is 7.16. The van der Waals surface area contributed by atoms with Gasteiger partial charge in [0.1, 0.15) is 5.75 Å². The van der Waals surface area contributed by atoms with Crippen LogP contribution in [0.25, 0.3) is 10.8 Å². The molecule has 0 amide bonds. The van der Waals surface area contributed by atoms with E-state index in [1.807, 2.05) is 48.5 Å². The predicted octanol–water partition coefficient (Wildman–Crippen LogP) is 4.18. The van der Waals surface area contributed by atoms with Gasteiger partial charge in [0.25, 0.3) is 0 Å². The van der Waals surface area contributed by atoms with Crippen LogP contribution in [0, 0.1) is 0 Å². The number of benzene rings is 2. The highest BCUT2D eigenvalue weighted by atomic mass is 35.5. The fraction of sp³-hybridized carbons (Fsp3) is 0.118. The molecule has 0 fully saturated rings. The van der Waals surface area contributed by atoms with Gasteiger partial charge >= 0.3 is 0 Å². The Kier molecular flexibility index (Phi) is 4.04. The molecule has 0 aliphatic heterocycles. The van der Waals surface area contributed by atoms with Crippen LogP contribution < -0.4 is 10.5 Å². The monoisotopic (exact) mass is 298 g/mol. The van der Waals surface area contributed by atoms with Crippen molar-refractivity contribution >= 4 is 22.4 Å². The lowest BCUT2D eigenvalue weighted by molar-refractivity contribution is 0.461. The lowest BCUT2D eigenvalue weighted by Gasteiger charge is -2.12. The summed E-state index contributed by atoms with van der Waals surface area (Å²) in [7, 11) is 0. The van der Waals surface area contributed by atoms with Crippen LogP contribution in [0.2, 0.25) is 5.02 Å². The number of ether oxygens (including phenoxy) is 1. The quantitative estimate of drug-likeness (QED) is 0.786. The summed E-state index contributed by atoms with van der Waals surface area (Å²) in [6.07, 6.45) is 2.45. The highest BCUT2D eigenvalue weighted by Crippen LogP contribution is 2.34. The molecule has 2 aromatic carbocycles. The molecule has 0 saturated heterocycles. The van der Waals surface area contributed by atoms with Gasteiger partial charge in [-0.1, -0.05) is 41.9 Å². The van der Waals surface area contributed by atoms with Gasteiger partial charge in [-0.15, -0.1) is 0 Å². The molecule has 3 nitrogen and oxygen atoms in total. The third-order valence-corrected chi connectivity index (χ3v) is 3.63. The number of hydrogen-bond donors (Lipinski definition) is 1. The molecule has 3 rings (SSSR count). The van der Waals surface area contributed by atoms with E-state index in [1.165, 1.54) is 0 Å². The van der Waals surface area contributed by atoms with Crippen molar-refractivity contribution in [2.45, 2.75) is 6.42 Å². The molecule has 3 aromatic rings. The van der Waals surface area contributed by atoms with Gasteiger partial charge in [0, 0.05) is 27.6 Å². The number of nitrogens with zero attached hydrogens (tertiary/aromatic N) is 1. The smallest absolute Gasteiger partial charge is 0.222 e. The number of hydrogen-bond acceptors (Lipinski definition) is 3. The average molecular weight is 299 g/mol. The number of rotatable bonds is 4. The second kappa shape index (κ2) is 6.12. The maximum atomic E-state index is 6.23. The second-order valence-corrected chi connectivity index (χ2v) is 5.11. The molecule has 0 radical (unpaired) electrons. The van der Waals surface area contributed by atoms with Crippen molar-refractivity contribution in [1.29, 1.82) is 0 Å². The SMILES string of the molecule is NCCc1cccnc1Oc1ccc(Cl)c2ccccc12. The van der Waals surface area contributed by atoms with Gasteiger partial charge in [-0.2, -0.15) is 0 Å². The van der Waals surface area contributed by atoms with Crippen LogP contribution in [0.5, 0.6) is 11.6 Å². The van der Waals surface area contributed by atoms with Crippen molar-refractivity contribution in [2.24, 2.45) is 5.73 Å². The Hall–Kier alpha value is -2.10. The molecule has 0 atom stereocenters. The van der Waals surface area contributed by atoms with E-state index in [-0.39, 0.29) is 0 Å². The van der Waals surface area contributed by atoms with Gasteiger partial charge in [-0.3, -0.25) is 0 Å². The largest absolute Gasteiger partial charge is 0.438 e. The lowest BCUT2D eigenvalue weighted by Crippen LogP contribution is -2.04. The molecule has 0 aliphatic rings. The highest BCUT2D eigenvalue weighted by molar-refractivity contribution is 6.35. The Balaban J connectivity index is 2.05. The molecule has 2 N–H and O–H groups in total. The molecule has 0 saturated carbocycles. The molecule has 0 aliphatic carbocycles. The summed E-state index contributed by atoms with van der Waals surface area (Å²) in [5, 5.41) is 2.64. The van der Waals surface area contributed by atoms with E-state index in [1.54, 1.807) is 6.20 Å². The minimum Gasteiger partial charge on any atom is -0.438 e. The molecule has 1 aromatic heterocycles. The van der Waals surface area contributed by atoms with Crippen molar-refractivity contribution in [1.82, 2.24) is 4.98 Å². The zero-order chi connectivity index (χ0) is 14.7. The van der Waals surface area contributed by atoms with Crippen molar-refractivity contribution in [3.05, 3.63) is 65.3 Å². The number of nitrogens with two attached hydrogens (primary N) is 1. The van der Waals surface area contributed by atoms with Gasteiger partial charge in [-0.25, -0.2) is 4.98 Å². The molecular weight excluding hydrogens is 284 g/mol. The zero-order valence-corrected chi connectivity index (χ0v) is 12.2. The Morgan fingerprint density at radius 3 is 2.62 bits per heavy atom. The summed E-state index contributed by atoms with van der Waals surface area (Å²) in [6, 6.07) is 15.5. The molecular formula is C17H15ClN2O. The van der Waals surface area contributed by atoms with Crippen LogP contribution in [-0.2, 0) is 6.42 Å². The van der Waals surface area contributed by atoms with Crippen molar-refractivity contribution in [3.8, 4) is 11.6 Å². The Morgan fingerprint density at radius 2 is 1.81 bits per heavy atom. The van der Waals surface area contributed by atoms with Gasteiger partial charge < -0.3 is 10.5 Å². The van der Waals surface area contributed by atoms with E-state index >= 15 is 0 Å². The van der Waals surface area contributed by atoms with Gasteiger partial charge in [-0.05, 0) is 31.2 Å². The highest BCUT2D eigenvalue weighted by Gasteiger charge is 2.09. The Labute approximate surface area is 128 Å². The van der Waals surface area contributed by atoms with Crippen molar-refractivity contribution < 1.29 is 4.74 Å². The topological polar surface area (TPSA) is 48.1 Å². The maximum absolute atomic E-state index is 6.23. The van der Waals surface area contributed by atoms with Crippen LogP contribution in [0.3, 0.4) is 0 Å².